The largest absolute Gasteiger partial charge is 0.416 e. The minimum absolute atomic E-state index is 0.144. The lowest BCUT2D eigenvalue weighted by Crippen LogP contribution is -2.12. The van der Waals surface area contributed by atoms with Crippen molar-refractivity contribution in [3.8, 4) is 0 Å². The van der Waals surface area contributed by atoms with E-state index in [1.807, 2.05) is 0 Å². The Balaban J connectivity index is 1.59. The maximum absolute atomic E-state index is 12.8. The Morgan fingerprint density at radius 1 is 1.23 bits per heavy atom. The standard InChI is InChI=1S/C18H15F3N2OS2/c19-18(20,21)10-4-3-5-11(8-10)25-9-14-22-16(24)15-12-6-1-2-7-13(12)26-17(15)23-14/h3-5,8H,1-2,6-7,9H2,(H,22,23,24). The van der Waals surface area contributed by atoms with Crippen LogP contribution in [0.1, 0.15) is 34.7 Å². The van der Waals surface area contributed by atoms with Crippen molar-refractivity contribution in [3.05, 3.63) is 56.4 Å². The molecule has 0 fully saturated rings. The van der Waals surface area contributed by atoms with Gasteiger partial charge in [0.1, 0.15) is 10.7 Å². The van der Waals surface area contributed by atoms with Gasteiger partial charge in [-0.05, 0) is 49.4 Å². The predicted molar refractivity (Wildman–Crippen MR) is 97.9 cm³/mol. The normalized spacial score (nSPS) is 14.6. The van der Waals surface area contributed by atoms with Crippen LogP contribution in [0.15, 0.2) is 34.0 Å². The number of H-pyrrole nitrogens is 1. The van der Waals surface area contributed by atoms with Crippen LogP contribution in [0.25, 0.3) is 10.2 Å². The number of nitrogens with one attached hydrogen (secondary N) is 1. The number of nitrogens with zero attached hydrogens (tertiary/aromatic N) is 1. The van der Waals surface area contributed by atoms with Crippen molar-refractivity contribution in [1.82, 2.24) is 9.97 Å². The highest BCUT2D eigenvalue weighted by atomic mass is 32.2. The summed E-state index contributed by atoms with van der Waals surface area (Å²) in [6, 6.07) is 5.18. The molecule has 2 heterocycles. The maximum Gasteiger partial charge on any atom is 0.416 e. The number of alkyl halides is 3. The molecule has 1 aliphatic carbocycles. The van der Waals surface area contributed by atoms with E-state index in [-0.39, 0.29) is 5.56 Å². The number of thiophene rings is 1. The molecule has 8 heteroatoms. The van der Waals surface area contributed by atoms with E-state index in [4.69, 9.17) is 0 Å². The van der Waals surface area contributed by atoms with Gasteiger partial charge in [0, 0.05) is 9.77 Å². The first kappa shape index (κ1) is 17.6. The number of benzene rings is 1. The smallest absolute Gasteiger partial charge is 0.309 e. The van der Waals surface area contributed by atoms with Crippen LogP contribution in [0.3, 0.4) is 0 Å². The quantitative estimate of drug-likeness (QED) is 0.621. The summed E-state index contributed by atoms with van der Waals surface area (Å²) in [4.78, 5) is 22.3. The summed E-state index contributed by atoms with van der Waals surface area (Å²) in [7, 11) is 0. The Morgan fingerprint density at radius 3 is 2.85 bits per heavy atom. The zero-order chi connectivity index (χ0) is 18.3. The van der Waals surface area contributed by atoms with E-state index < -0.39 is 11.7 Å². The van der Waals surface area contributed by atoms with Crippen molar-refractivity contribution in [2.45, 2.75) is 42.5 Å². The van der Waals surface area contributed by atoms with E-state index in [0.29, 0.717) is 21.9 Å². The molecule has 0 unspecified atom stereocenters. The van der Waals surface area contributed by atoms with Gasteiger partial charge in [-0.15, -0.1) is 23.1 Å². The Bertz CT molecular complexity index is 1020. The highest BCUT2D eigenvalue weighted by Crippen LogP contribution is 2.35. The molecule has 0 saturated carbocycles. The molecule has 1 aromatic carbocycles. The summed E-state index contributed by atoms with van der Waals surface area (Å²) >= 11 is 2.79. The molecule has 1 N–H and O–H groups in total. The van der Waals surface area contributed by atoms with Gasteiger partial charge in [0.05, 0.1) is 16.7 Å². The number of aromatic amines is 1. The predicted octanol–water partition coefficient (Wildman–Crippen LogP) is 5.17. The van der Waals surface area contributed by atoms with Gasteiger partial charge in [0.2, 0.25) is 0 Å². The molecule has 0 atom stereocenters. The molecule has 26 heavy (non-hydrogen) atoms. The number of fused-ring (bicyclic) bond motifs is 3. The lowest BCUT2D eigenvalue weighted by molar-refractivity contribution is -0.137. The van der Waals surface area contributed by atoms with Crippen LogP contribution in [0.5, 0.6) is 0 Å². The van der Waals surface area contributed by atoms with E-state index in [2.05, 4.69) is 9.97 Å². The van der Waals surface area contributed by atoms with Crippen LogP contribution < -0.4 is 5.56 Å². The van der Waals surface area contributed by atoms with Crippen molar-refractivity contribution < 1.29 is 13.2 Å². The average Bonchev–Trinajstić information content (AvgIpc) is 2.98. The number of halogens is 3. The molecule has 3 aromatic rings. The van der Waals surface area contributed by atoms with Crippen LogP contribution in [0.4, 0.5) is 13.2 Å². The van der Waals surface area contributed by atoms with Gasteiger partial charge in [0.15, 0.2) is 0 Å². The van der Waals surface area contributed by atoms with Gasteiger partial charge >= 0.3 is 6.18 Å². The second-order valence-corrected chi connectivity index (χ2v) is 8.35. The highest BCUT2D eigenvalue weighted by Gasteiger charge is 2.30. The molecule has 136 valence electrons. The summed E-state index contributed by atoms with van der Waals surface area (Å²) in [6.07, 6.45) is -0.234. The molecule has 4 rings (SSSR count). The fourth-order valence-electron chi connectivity index (χ4n) is 3.19. The summed E-state index contributed by atoms with van der Waals surface area (Å²) in [6.45, 7) is 0. The van der Waals surface area contributed by atoms with Gasteiger partial charge in [0.25, 0.3) is 5.56 Å². The second kappa shape index (κ2) is 6.74. The molecule has 1 aliphatic rings. The lowest BCUT2D eigenvalue weighted by atomic mass is 9.97. The molecule has 0 radical (unpaired) electrons. The SMILES string of the molecule is O=c1[nH]c(CSc2cccc(C(F)(F)F)c2)nc2sc3c(c12)CCCC3. The van der Waals surface area contributed by atoms with E-state index >= 15 is 0 Å². The third kappa shape index (κ3) is 3.40. The zero-order valence-corrected chi connectivity index (χ0v) is 15.3. The number of aromatic nitrogens is 2. The fraction of sp³-hybridized carbons (Fsp3) is 0.333. The summed E-state index contributed by atoms with van der Waals surface area (Å²) in [5, 5.41) is 0.692. The topological polar surface area (TPSA) is 45.8 Å². The number of thioether (sulfide) groups is 1. The summed E-state index contributed by atoms with van der Waals surface area (Å²) < 4.78 is 38.4. The van der Waals surface area contributed by atoms with Crippen molar-refractivity contribution in [1.29, 1.82) is 0 Å². The first-order chi connectivity index (χ1) is 12.4. The summed E-state index contributed by atoms with van der Waals surface area (Å²) in [5.41, 5.74) is 0.307. The molecule has 0 bridgehead atoms. The van der Waals surface area contributed by atoms with Crippen molar-refractivity contribution in [3.63, 3.8) is 0 Å². The number of hydrogen-bond donors (Lipinski definition) is 1. The highest BCUT2D eigenvalue weighted by molar-refractivity contribution is 7.98. The van der Waals surface area contributed by atoms with Gasteiger partial charge in [-0.25, -0.2) is 4.98 Å². The van der Waals surface area contributed by atoms with Gasteiger partial charge in [-0.3, -0.25) is 4.79 Å². The average molecular weight is 396 g/mol. The minimum Gasteiger partial charge on any atom is -0.309 e. The Labute approximate surface area is 155 Å². The van der Waals surface area contributed by atoms with Crippen LogP contribution in [0.2, 0.25) is 0 Å². The zero-order valence-electron chi connectivity index (χ0n) is 13.7. The van der Waals surface area contributed by atoms with Crippen molar-refractivity contribution >= 4 is 33.3 Å². The Hall–Kier alpha value is -1.80. The molecule has 0 amide bonds. The summed E-state index contributed by atoms with van der Waals surface area (Å²) in [5.74, 6) is 0.804. The molecule has 2 aromatic heterocycles. The molecule has 0 aliphatic heterocycles. The van der Waals surface area contributed by atoms with Crippen LogP contribution in [-0.2, 0) is 24.8 Å². The van der Waals surface area contributed by atoms with Crippen LogP contribution in [0, 0.1) is 0 Å². The van der Waals surface area contributed by atoms with Crippen molar-refractivity contribution in [2.24, 2.45) is 0 Å². The minimum atomic E-state index is -4.36. The van der Waals surface area contributed by atoms with E-state index in [1.165, 1.54) is 22.7 Å². The third-order valence-corrected chi connectivity index (χ3v) is 6.60. The molecule has 3 nitrogen and oxygen atoms in total. The van der Waals surface area contributed by atoms with Gasteiger partial charge in [-0.1, -0.05) is 6.07 Å². The number of rotatable bonds is 3. The van der Waals surface area contributed by atoms with E-state index in [9.17, 15) is 18.0 Å². The van der Waals surface area contributed by atoms with Gasteiger partial charge < -0.3 is 4.98 Å². The van der Waals surface area contributed by atoms with Gasteiger partial charge in [-0.2, -0.15) is 13.2 Å². The first-order valence-electron chi connectivity index (χ1n) is 8.25. The molecule has 0 spiro atoms. The van der Waals surface area contributed by atoms with E-state index in [1.54, 1.807) is 17.4 Å². The Kier molecular flexibility index (Phi) is 4.56. The van der Waals surface area contributed by atoms with Crippen molar-refractivity contribution in [2.75, 3.05) is 0 Å². The third-order valence-electron chi connectivity index (χ3n) is 4.41. The molecular weight excluding hydrogens is 381 g/mol. The molecular formula is C18H15F3N2OS2. The second-order valence-electron chi connectivity index (χ2n) is 6.22. The Morgan fingerprint density at radius 2 is 2.04 bits per heavy atom. The number of aryl methyl sites for hydroxylation is 2. The number of hydrogen-bond acceptors (Lipinski definition) is 4. The van der Waals surface area contributed by atoms with Crippen LogP contribution >= 0.6 is 23.1 Å². The monoisotopic (exact) mass is 396 g/mol. The maximum atomic E-state index is 12.8. The first-order valence-corrected chi connectivity index (χ1v) is 10.1. The lowest BCUT2D eigenvalue weighted by Gasteiger charge is -2.09. The fourth-order valence-corrected chi connectivity index (χ4v) is 5.30. The van der Waals surface area contributed by atoms with Crippen LogP contribution in [-0.4, -0.2) is 9.97 Å². The van der Waals surface area contributed by atoms with E-state index in [0.717, 1.165) is 48.2 Å². The molecule has 0 saturated heterocycles.